The molecule has 0 saturated carbocycles. The molecule has 0 atom stereocenters. The van der Waals surface area contributed by atoms with Crippen molar-refractivity contribution in [2.24, 2.45) is 0 Å². The molecule has 12 heavy (non-hydrogen) atoms. The van der Waals surface area contributed by atoms with E-state index >= 15 is 0 Å². The average molecular weight is 278 g/mol. The quantitative estimate of drug-likeness (QED) is 0.376. The highest BCUT2D eigenvalue weighted by Crippen LogP contribution is 2.18. The summed E-state index contributed by atoms with van der Waals surface area (Å²) in [5.41, 5.74) is 7.70. The lowest BCUT2D eigenvalue weighted by Crippen LogP contribution is -3.00. The van der Waals surface area contributed by atoms with Gasteiger partial charge < -0.3 is 29.7 Å². The molecule has 0 aliphatic heterocycles. The summed E-state index contributed by atoms with van der Waals surface area (Å²) in [6.07, 6.45) is 0. The van der Waals surface area contributed by atoms with Crippen molar-refractivity contribution in [2.45, 2.75) is 0 Å². The van der Waals surface area contributed by atoms with Crippen LogP contribution in [0.15, 0.2) is 24.3 Å². The van der Waals surface area contributed by atoms with Gasteiger partial charge in [-0.25, -0.2) is 0 Å². The Labute approximate surface area is 91.0 Å². The first-order valence-corrected chi connectivity index (χ1v) is 3.68. The molecule has 2 nitrogen and oxygen atoms in total. The van der Waals surface area contributed by atoms with E-state index < -0.39 is 0 Å². The molecule has 68 valence electrons. The SMILES string of the molecule is C[N+](C)(C)c1cccc(N)c1.[I-]. The Morgan fingerprint density at radius 2 is 1.75 bits per heavy atom. The number of hydrogen-bond acceptors (Lipinski definition) is 1. The van der Waals surface area contributed by atoms with Gasteiger partial charge in [-0.3, -0.25) is 4.48 Å². The molecule has 0 unspecified atom stereocenters. The molecular weight excluding hydrogens is 263 g/mol. The van der Waals surface area contributed by atoms with E-state index in [2.05, 4.69) is 27.2 Å². The second-order valence-electron chi connectivity index (χ2n) is 3.61. The van der Waals surface area contributed by atoms with Gasteiger partial charge in [0, 0.05) is 11.8 Å². The van der Waals surface area contributed by atoms with E-state index in [-0.39, 0.29) is 24.0 Å². The van der Waals surface area contributed by atoms with E-state index in [9.17, 15) is 0 Å². The Bertz CT molecular complexity index is 253. The third-order valence-electron chi connectivity index (χ3n) is 1.64. The number of halogens is 1. The number of hydrogen-bond donors (Lipinski definition) is 1. The lowest BCUT2D eigenvalue weighted by Gasteiger charge is -2.23. The maximum absolute atomic E-state index is 5.65. The summed E-state index contributed by atoms with van der Waals surface area (Å²) in [7, 11) is 6.36. The fraction of sp³-hybridized carbons (Fsp3) is 0.333. The van der Waals surface area contributed by atoms with Crippen LogP contribution in [0.4, 0.5) is 11.4 Å². The minimum atomic E-state index is 0. The van der Waals surface area contributed by atoms with Gasteiger partial charge in [-0.15, -0.1) is 0 Å². The Kier molecular flexibility index (Phi) is 3.99. The van der Waals surface area contributed by atoms with E-state index in [1.54, 1.807) is 0 Å². The molecular formula is C9H15IN2. The minimum Gasteiger partial charge on any atom is -1.00 e. The van der Waals surface area contributed by atoms with Gasteiger partial charge in [0.2, 0.25) is 0 Å². The molecule has 2 N–H and O–H groups in total. The maximum Gasteiger partial charge on any atom is 0.134 e. The Balaban J connectivity index is 0.00000121. The number of quaternary nitrogens is 1. The van der Waals surface area contributed by atoms with Crippen LogP contribution in [0.3, 0.4) is 0 Å². The molecule has 1 aromatic rings. The summed E-state index contributed by atoms with van der Waals surface area (Å²) in [5.74, 6) is 0. The van der Waals surface area contributed by atoms with Crippen molar-refractivity contribution < 1.29 is 24.0 Å². The molecule has 0 aromatic heterocycles. The predicted octanol–water partition coefficient (Wildman–Crippen LogP) is -1.53. The van der Waals surface area contributed by atoms with Crippen molar-refractivity contribution in [3.8, 4) is 0 Å². The first-order chi connectivity index (χ1) is 5.00. The number of nitrogens with two attached hydrogens (primary N) is 1. The maximum atomic E-state index is 5.65. The summed E-state index contributed by atoms with van der Waals surface area (Å²) in [5, 5.41) is 0. The van der Waals surface area contributed by atoms with Gasteiger partial charge >= 0.3 is 0 Å². The molecule has 0 amide bonds. The zero-order valence-electron chi connectivity index (χ0n) is 7.71. The van der Waals surface area contributed by atoms with Crippen molar-refractivity contribution in [1.29, 1.82) is 0 Å². The molecule has 0 fully saturated rings. The second kappa shape index (κ2) is 4.09. The van der Waals surface area contributed by atoms with Gasteiger partial charge in [0.1, 0.15) is 5.69 Å². The normalized spacial score (nSPS) is 10.6. The molecule has 0 aliphatic rings. The van der Waals surface area contributed by atoms with Gasteiger partial charge in [-0.2, -0.15) is 0 Å². The monoisotopic (exact) mass is 278 g/mol. The zero-order valence-corrected chi connectivity index (χ0v) is 9.87. The van der Waals surface area contributed by atoms with E-state index in [0.717, 1.165) is 10.2 Å². The van der Waals surface area contributed by atoms with Crippen molar-refractivity contribution >= 4 is 11.4 Å². The highest BCUT2D eigenvalue weighted by atomic mass is 127. The van der Waals surface area contributed by atoms with Crippen LogP contribution in [0.5, 0.6) is 0 Å². The minimum absolute atomic E-state index is 0. The van der Waals surface area contributed by atoms with Crippen LogP contribution < -0.4 is 34.2 Å². The fourth-order valence-electron chi connectivity index (χ4n) is 0.942. The Hall–Kier alpha value is -0.290. The highest BCUT2D eigenvalue weighted by molar-refractivity contribution is 5.52. The Morgan fingerprint density at radius 1 is 1.17 bits per heavy atom. The highest BCUT2D eigenvalue weighted by Gasteiger charge is 2.10. The number of nitrogen functional groups attached to an aromatic ring is 1. The van der Waals surface area contributed by atoms with Crippen LogP contribution in [0, 0.1) is 0 Å². The molecule has 0 bridgehead atoms. The summed E-state index contributed by atoms with van der Waals surface area (Å²) in [4.78, 5) is 0. The van der Waals surface area contributed by atoms with Crippen LogP contribution in [0.2, 0.25) is 0 Å². The van der Waals surface area contributed by atoms with Crippen LogP contribution in [0.1, 0.15) is 0 Å². The largest absolute Gasteiger partial charge is 1.00 e. The lowest BCUT2D eigenvalue weighted by atomic mass is 10.2. The fourth-order valence-corrected chi connectivity index (χ4v) is 0.942. The molecule has 0 saturated heterocycles. The summed E-state index contributed by atoms with van der Waals surface area (Å²) in [6.45, 7) is 0. The molecule has 3 heteroatoms. The second-order valence-corrected chi connectivity index (χ2v) is 3.61. The van der Waals surface area contributed by atoms with Gasteiger partial charge in [0.05, 0.1) is 21.1 Å². The zero-order chi connectivity index (χ0) is 8.48. The van der Waals surface area contributed by atoms with Crippen molar-refractivity contribution in [3.05, 3.63) is 24.3 Å². The lowest BCUT2D eigenvalue weighted by molar-refractivity contribution is -0.00000260. The first kappa shape index (κ1) is 11.7. The summed E-state index contributed by atoms with van der Waals surface area (Å²) >= 11 is 0. The Morgan fingerprint density at radius 3 is 2.08 bits per heavy atom. The number of nitrogens with zero attached hydrogens (tertiary/aromatic N) is 1. The number of benzene rings is 1. The third kappa shape index (κ3) is 2.98. The third-order valence-corrected chi connectivity index (χ3v) is 1.64. The summed E-state index contributed by atoms with van der Waals surface area (Å²) in [6, 6.07) is 7.96. The molecule has 0 spiro atoms. The van der Waals surface area contributed by atoms with Gasteiger partial charge in [-0.05, 0) is 12.1 Å². The first-order valence-electron chi connectivity index (χ1n) is 3.68. The molecule has 0 aliphatic carbocycles. The smallest absolute Gasteiger partial charge is 0.134 e. The topological polar surface area (TPSA) is 26.0 Å². The standard InChI is InChI=1S/C9H15N2.HI/c1-11(2,3)9-6-4-5-8(10)7-9;/h4-7H,10H2,1-3H3;1H/q+1;/p-1. The van der Waals surface area contributed by atoms with Gasteiger partial charge in [-0.1, -0.05) is 6.07 Å². The van der Waals surface area contributed by atoms with Crippen LogP contribution in [0.25, 0.3) is 0 Å². The molecule has 1 aromatic carbocycles. The van der Waals surface area contributed by atoms with Crippen molar-refractivity contribution in [2.75, 3.05) is 26.9 Å². The van der Waals surface area contributed by atoms with Crippen molar-refractivity contribution in [1.82, 2.24) is 4.48 Å². The molecule has 0 radical (unpaired) electrons. The van der Waals surface area contributed by atoms with Crippen LogP contribution in [-0.4, -0.2) is 21.1 Å². The summed E-state index contributed by atoms with van der Waals surface area (Å²) < 4.78 is 0.811. The van der Waals surface area contributed by atoms with E-state index in [4.69, 9.17) is 5.73 Å². The number of rotatable bonds is 1. The van der Waals surface area contributed by atoms with Gasteiger partial charge in [0.15, 0.2) is 0 Å². The van der Waals surface area contributed by atoms with Crippen LogP contribution in [-0.2, 0) is 0 Å². The predicted molar refractivity (Wildman–Crippen MR) is 50.4 cm³/mol. The average Bonchev–Trinajstić information content (AvgIpc) is 1.86. The van der Waals surface area contributed by atoms with Crippen molar-refractivity contribution in [3.63, 3.8) is 0 Å². The van der Waals surface area contributed by atoms with E-state index in [1.165, 1.54) is 5.69 Å². The van der Waals surface area contributed by atoms with Gasteiger partial charge in [0.25, 0.3) is 0 Å². The van der Waals surface area contributed by atoms with Crippen LogP contribution >= 0.6 is 0 Å². The van der Waals surface area contributed by atoms with E-state index in [1.807, 2.05) is 18.2 Å². The molecule has 0 heterocycles. The molecule has 1 rings (SSSR count). The number of anilines is 1. The van der Waals surface area contributed by atoms with E-state index in [0.29, 0.717) is 0 Å².